The number of nitriles is 1. The van der Waals surface area contributed by atoms with Gasteiger partial charge in [0.15, 0.2) is 5.76 Å². The fourth-order valence-corrected chi connectivity index (χ4v) is 1.12. The quantitative estimate of drug-likeness (QED) is 0.727. The number of nitrogens with zero attached hydrogens (tertiary/aromatic N) is 3. The molecule has 0 fully saturated rings. The van der Waals surface area contributed by atoms with Gasteiger partial charge in [0.2, 0.25) is 0 Å². The molecule has 1 heterocycles. The molecule has 0 saturated heterocycles. The minimum atomic E-state index is 0.0652. The monoisotopic (exact) mass is 187 g/mol. The zero-order valence-corrected chi connectivity index (χ0v) is 7.01. The number of aromatic hydroxyl groups is 1. The molecule has 0 bridgehead atoms. The topological polar surface area (TPSA) is 82.9 Å². The predicted molar refractivity (Wildman–Crippen MR) is 46.1 cm³/mol. The lowest BCUT2D eigenvalue weighted by atomic mass is 10.1. The molecule has 0 radical (unpaired) electrons. The Kier molecular flexibility index (Phi) is 1.88. The summed E-state index contributed by atoms with van der Waals surface area (Å²) in [6.07, 6.45) is 1.38. The average Bonchev–Trinajstić information content (AvgIpc) is 2.70. The Morgan fingerprint density at radius 2 is 2.29 bits per heavy atom. The Labute approximate surface area is 79.2 Å². The molecule has 5 heteroatoms. The van der Waals surface area contributed by atoms with Crippen LogP contribution in [0.4, 0.5) is 0 Å². The van der Waals surface area contributed by atoms with Gasteiger partial charge in [-0.2, -0.15) is 5.26 Å². The van der Waals surface area contributed by atoms with Crippen LogP contribution in [-0.2, 0) is 0 Å². The second-order valence-electron chi connectivity index (χ2n) is 2.62. The fraction of sp³-hybridized carbons (Fsp3) is 0. The molecule has 0 aliphatic carbocycles. The molecule has 0 amide bonds. The van der Waals surface area contributed by atoms with Crippen LogP contribution in [0.2, 0.25) is 0 Å². The highest BCUT2D eigenvalue weighted by Crippen LogP contribution is 2.25. The van der Waals surface area contributed by atoms with E-state index in [0.717, 1.165) is 0 Å². The molecule has 14 heavy (non-hydrogen) atoms. The van der Waals surface area contributed by atoms with Crippen molar-refractivity contribution in [2.75, 3.05) is 0 Å². The third-order valence-corrected chi connectivity index (χ3v) is 1.75. The molecule has 0 saturated carbocycles. The minimum absolute atomic E-state index is 0.0652. The van der Waals surface area contributed by atoms with Crippen molar-refractivity contribution in [1.29, 1.82) is 5.26 Å². The third kappa shape index (κ3) is 1.29. The Morgan fingerprint density at radius 3 is 2.93 bits per heavy atom. The normalized spacial score (nSPS) is 9.64. The summed E-state index contributed by atoms with van der Waals surface area (Å²) in [6, 6.07) is 6.36. The van der Waals surface area contributed by atoms with Gasteiger partial charge in [0.1, 0.15) is 5.75 Å². The second kappa shape index (κ2) is 3.18. The summed E-state index contributed by atoms with van der Waals surface area (Å²) in [6.45, 7) is 0. The van der Waals surface area contributed by atoms with Gasteiger partial charge in [-0.1, -0.05) is 0 Å². The fourth-order valence-electron chi connectivity index (χ4n) is 1.12. The summed E-state index contributed by atoms with van der Waals surface area (Å²) in [4.78, 5) is 0. The largest absolute Gasteiger partial charge is 0.508 e. The first-order valence-corrected chi connectivity index (χ1v) is 3.82. The molecule has 0 aliphatic heterocycles. The first-order valence-electron chi connectivity index (χ1n) is 3.82. The molecule has 0 spiro atoms. The van der Waals surface area contributed by atoms with E-state index < -0.39 is 0 Å². The molecular formula is C9H5N3O2. The van der Waals surface area contributed by atoms with E-state index in [-0.39, 0.29) is 5.75 Å². The first kappa shape index (κ1) is 8.26. The van der Waals surface area contributed by atoms with E-state index in [1.807, 2.05) is 6.07 Å². The van der Waals surface area contributed by atoms with Gasteiger partial charge >= 0.3 is 0 Å². The lowest BCUT2D eigenvalue weighted by Crippen LogP contribution is -1.81. The second-order valence-corrected chi connectivity index (χ2v) is 2.62. The van der Waals surface area contributed by atoms with Gasteiger partial charge in [-0.15, -0.1) is 5.10 Å². The minimum Gasteiger partial charge on any atom is -0.508 e. The van der Waals surface area contributed by atoms with E-state index in [4.69, 9.17) is 9.78 Å². The van der Waals surface area contributed by atoms with E-state index in [0.29, 0.717) is 16.9 Å². The molecule has 68 valence electrons. The van der Waals surface area contributed by atoms with Gasteiger partial charge in [-0.25, -0.2) is 0 Å². The number of benzene rings is 1. The zero-order valence-electron chi connectivity index (χ0n) is 7.01. The van der Waals surface area contributed by atoms with Crippen LogP contribution in [0, 0.1) is 11.3 Å². The zero-order chi connectivity index (χ0) is 9.97. The van der Waals surface area contributed by atoms with Crippen LogP contribution in [0.5, 0.6) is 5.75 Å². The Morgan fingerprint density at radius 1 is 1.43 bits per heavy atom. The highest BCUT2D eigenvalue weighted by Gasteiger charge is 2.09. The van der Waals surface area contributed by atoms with Crippen LogP contribution in [0.3, 0.4) is 0 Å². The first-order chi connectivity index (χ1) is 6.81. The molecule has 0 atom stereocenters. The summed E-state index contributed by atoms with van der Waals surface area (Å²) in [5.74, 6) is 0.424. The van der Waals surface area contributed by atoms with Crippen molar-refractivity contribution in [3.8, 4) is 23.1 Å². The van der Waals surface area contributed by atoms with Gasteiger partial charge in [0.25, 0.3) is 0 Å². The Hall–Kier alpha value is -2.35. The Bertz CT molecular complexity index is 485. The standard InChI is InChI=1S/C9H5N3O2/c10-4-6-1-2-7(13)3-8(6)9-5-11-12-14-9/h1-3,5,13H. The van der Waals surface area contributed by atoms with Gasteiger partial charge in [-0.3, -0.25) is 0 Å². The maximum absolute atomic E-state index is 9.24. The van der Waals surface area contributed by atoms with Crippen molar-refractivity contribution in [2.24, 2.45) is 0 Å². The maximum atomic E-state index is 9.24. The molecule has 1 aromatic carbocycles. The van der Waals surface area contributed by atoms with Crippen molar-refractivity contribution < 1.29 is 9.63 Å². The van der Waals surface area contributed by atoms with Crippen LogP contribution in [0.25, 0.3) is 11.3 Å². The molecule has 0 unspecified atom stereocenters. The summed E-state index contributed by atoms with van der Waals surface area (Å²) < 4.78 is 4.79. The number of phenolic OH excluding ortho intramolecular Hbond substituents is 1. The van der Waals surface area contributed by atoms with E-state index in [9.17, 15) is 5.11 Å². The average molecular weight is 187 g/mol. The molecule has 0 aliphatic rings. The van der Waals surface area contributed by atoms with Gasteiger partial charge in [-0.05, 0) is 18.2 Å². The van der Waals surface area contributed by atoms with Crippen LogP contribution in [0.15, 0.2) is 28.9 Å². The number of phenols is 1. The van der Waals surface area contributed by atoms with Gasteiger partial charge in [0, 0.05) is 10.8 Å². The van der Waals surface area contributed by atoms with E-state index >= 15 is 0 Å². The number of hydrogen-bond donors (Lipinski definition) is 1. The highest BCUT2D eigenvalue weighted by atomic mass is 16.5. The summed E-state index contributed by atoms with van der Waals surface area (Å²) >= 11 is 0. The molecule has 2 aromatic rings. The lowest BCUT2D eigenvalue weighted by Gasteiger charge is -1.98. The van der Waals surface area contributed by atoms with Crippen molar-refractivity contribution in [2.45, 2.75) is 0 Å². The van der Waals surface area contributed by atoms with Crippen molar-refractivity contribution in [1.82, 2.24) is 10.4 Å². The summed E-state index contributed by atoms with van der Waals surface area (Å²) in [5, 5.41) is 24.8. The summed E-state index contributed by atoms with van der Waals surface area (Å²) in [5.41, 5.74) is 0.888. The smallest absolute Gasteiger partial charge is 0.188 e. The van der Waals surface area contributed by atoms with E-state index in [1.54, 1.807) is 0 Å². The molecule has 2 rings (SSSR count). The van der Waals surface area contributed by atoms with E-state index in [1.165, 1.54) is 24.4 Å². The number of hydrogen-bond acceptors (Lipinski definition) is 5. The van der Waals surface area contributed by atoms with Crippen LogP contribution >= 0.6 is 0 Å². The molecular weight excluding hydrogens is 182 g/mol. The SMILES string of the molecule is N#Cc1ccc(O)cc1-c1cnno1. The van der Waals surface area contributed by atoms with E-state index in [2.05, 4.69) is 10.4 Å². The maximum Gasteiger partial charge on any atom is 0.188 e. The molecule has 1 aromatic heterocycles. The van der Waals surface area contributed by atoms with Crippen molar-refractivity contribution >= 4 is 0 Å². The van der Waals surface area contributed by atoms with Crippen LogP contribution in [-0.4, -0.2) is 15.5 Å². The summed E-state index contributed by atoms with van der Waals surface area (Å²) in [7, 11) is 0. The van der Waals surface area contributed by atoms with Gasteiger partial charge in [0.05, 0.1) is 17.8 Å². The number of rotatable bonds is 1. The molecule has 5 nitrogen and oxygen atoms in total. The van der Waals surface area contributed by atoms with Crippen molar-refractivity contribution in [3.63, 3.8) is 0 Å². The Balaban J connectivity index is 2.63. The van der Waals surface area contributed by atoms with Crippen LogP contribution in [0.1, 0.15) is 5.56 Å². The highest BCUT2D eigenvalue weighted by molar-refractivity contribution is 5.66. The predicted octanol–water partition coefficient (Wildman–Crippen LogP) is 1.31. The van der Waals surface area contributed by atoms with Gasteiger partial charge < -0.3 is 9.63 Å². The van der Waals surface area contributed by atoms with Crippen LogP contribution < -0.4 is 0 Å². The number of aromatic nitrogens is 2. The lowest BCUT2D eigenvalue weighted by molar-refractivity contribution is 0.403. The van der Waals surface area contributed by atoms with Crippen molar-refractivity contribution in [3.05, 3.63) is 30.0 Å². The molecule has 1 N–H and O–H groups in total. The third-order valence-electron chi connectivity index (χ3n) is 1.75.